The van der Waals surface area contributed by atoms with E-state index in [1.54, 1.807) is 13.0 Å². The molecule has 0 amide bonds. The van der Waals surface area contributed by atoms with Crippen LogP contribution < -0.4 is 10.5 Å². The second-order valence-corrected chi connectivity index (χ2v) is 7.38. The molecule has 0 saturated carbocycles. The van der Waals surface area contributed by atoms with Gasteiger partial charge in [-0.3, -0.25) is 0 Å². The molecule has 1 heterocycles. The maximum atomic E-state index is 12.1. The average Bonchev–Trinajstić information content (AvgIpc) is 2.60. The summed E-state index contributed by atoms with van der Waals surface area (Å²) in [5, 5.41) is 3.69. The lowest BCUT2D eigenvalue weighted by Gasteiger charge is -2.30. The normalized spacial score (nSPS) is 15.7. The fourth-order valence-corrected chi connectivity index (χ4v) is 3.67. The van der Waals surface area contributed by atoms with Gasteiger partial charge in [0.1, 0.15) is 17.2 Å². The number of hydrogen-bond acceptors (Lipinski definition) is 5. The molecule has 7 heteroatoms. The molecule has 110 valence electrons. The Labute approximate surface area is 114 Å². The summed E-state index contributed by atoms with van der Waals surface area (Å²) in [6, 6.07) is 1.61. The topological polar surface area (TPSA) is 98.2 Å². The van der Waals surface area contributed by atoms with E-state index in [-0.39, 0.29) is 12.3 Å². The van der Waals surface area contributed by atoms with Gasteiger partial charge >= 0.3 is 0 Å². The van der Waals surface area contributed by atoms with E-state index < -0.39 is 15.6 Å². The van der Waals surface area contributed by atoms with Crippen molar-refractivity contribution in [1.29, 1.82) is 0 Å². The molecule has 1 atom stereocenters. The number of nitrogens with zero attached hydrogens (tertiary/aromatic N) is 1. The number of nitrogens with two attached hydrogens (primary N) is 1. The van der Waals surface area contributed by atoms with Gasteiger partial charge in [0.2, 0.25) is 10.0 Å². The number of sulfonamides is 1. The molecule has 1 aromatic rings. The van der Waals surface area contributed by atoms with Crippen molar-refractivity contribution in [3.8, 4) is 0 Å². The molecule has 1 unspecified atom stereocenters. The molecule has 0 aromatic carbocycles. The third-order valence-electron chi connectivity index (χ3n) is 2.73. The molecule has 0 aliphatic carbocycles. The van der Waals surface area contributed by atoms with Crippen LogP contribution in [-0.4, -0.2) is 25.7 Å². The van der Waals surface area contributed by atoms with Crippen molar-refractivity contribution < 1.29 is 12.9 Å². The zero-order chi connectivity index (χ0) is 14.7. The molecule has 0 aliphatic heterocycles. The van der Waals surface area contributed by atoms with E-state index in [1.807, 2.05) is 20.8 Å². The molecular weight excluding hydrogens is 266 g/mol. The van der Waals surface area contributed by atoms with Crippen LogP contribution in [0.15, 0.2) is 10.6 Å². The van der Waals surface area contributed by atoms with Crippen molar-refractivity contribution in [3.05, 3.63) is 17.5 Å². The lowest BCUT2D eigenvalue weighted by Crippen LogP contribution is -2.52. The molecule has 3 N–H and O–H groups in total. The summed E-state index contributed by atoms with van der Waals surface area (Å²) < 4.78 is 31.8. The van der Waals surface area contributed by atoms with Crippen LogP contribution >= 0.6 is 0 Å². The summed E-state index contributed by atoms with van der Waals surface area (Å²) >= 11 is 0. The Morgan fingerprint density at radius 1 is 1.53 bits per heavy atom. The van der Waals surface area contributed by atoms with Gasteiger partial charge in [-0.05, 0) is 26.2 Å². The van der Waals surface area contributed by atoms with Crippen LogP contribution in [-0.2, 0) is 15.8 Å². The van der Waals surface area contributed by atoms with Crippen LogP contribution in [0.4, 0.5) is 0 Å². The molecule has 0 fully saturated rings. The zero-order valence-corrected chi connectivity index (χ0v) is 12.8. The highest BCUT2D eigenvalue weighted by Gasteiger charge is 2.29. The number of rotatable bonds is 7. The van der Waals surface area contributed by atoms with Crippen molar-refractivity contribution in [1.82, 2.24) is 9.88 Å². The monoisotopic (exact) mass is 289 g/mol. The fraction of sp³-hybridized carbons (Fsp3) is 0.750. The van der Waals surface area contributed by atoms with Crippen LogP contribution in [0.2, 0.25) is 0 Å². The minimum absolute atomic E-state index is 0.196. The Hall–Kier alpha value is -0.920. The second-order valence-electron chi connectivity index (χ2n) is 5.65. The highest BCUT2D eigenvalue weighted by molar-refractivity contribution is 7.88. The van der Waals surface area contributed by atoms with Crippen LogP contribution in [0.25, 0.3) is 0 Å². The first kappa shape index (κ1) is 16.1. The van der Waals surface area contributed by atoms with E-state index in [0.717, 1.165) is 0 Å². The van der Waals surface area contributed by atoms with Crippen LogP contribution in [0, 0.1) is 12.8 Å². The van der Waals surface area contributed by atoms with Crippen molar-refractivity contribution >= 4 is 10.0 Å². The Morgan fingerprint density at radius 2 is 2.16 bits per heavy atom. The molecule has 19 heavy (non-hydrogen) atoms. The number of hydrogen-bond donors (Lipinski definition) is 2. The van der Waals surface area contributed by atoms with Crippen molar-refractivity contribution in [3.63, 3.8) is 0 Å². The Kier molecular flexibility index (Phi) is 5.11. The molecule has 0 spiro atoms. The van der Waals surface area contributed by atoms with Gasteiger partial charge in [-0.1, -0.05) is 19.0 Å². The maximum Gasteiger partial charge on any atom is 0.218 e. The summed E-state index contributed by atoms with van der Waals surface area (Å²) in [5.74, 6) is 0.748. The van der Waals surface area contributed by atoms with Gasteiger partial charge in [-0.25, -0.2) is 13.1 Å². The highest BCUT2D eigenvalue weighted by atomic mass is 32.2. The Bertz CT molecular complexity index is 510. The van der Waals surface area contributed by atoms with Crippen molar-refractivity contribution in [2.24, 2.45) is 11.7 Å². The quantitative estimate of drug-likeness (QED) is 0.785. The first-order valence-electron chi connectivity index (χ1n) is 6.30. The number of nitrogens with one attached hydrogen (secondary N) is 1. The van der Waals surface area contributed by atoms with Crippen molar-refractivity contribution in [2.75, 3.05) is 6.54 Å². The molecule has 0 bridgehead atoms. The third kappa shape index (κ3) is 5.30. The van der Waals surface area contributed by atoms with E-state index in [2.05, 4.69) is 9.88 Å². The summed E-state index contributed by atoms with van der Waals surface area (Å²) in [7, 11) is -3.49. The largest absolute Gasteiger partial charge is 0.361 e. The molecule has 1 aromatic heterocycles. The lowest BCUT2D eigenvalue weighted by molar-refractivity contribution is 0.344. The average molecular weight is 289 g/mol. The van der Waals surface area contributed by atoms with Gasteiger partial charge in [-0.2, -0.15) is 0 Å². The van der Waals surface area contributed by atoms with Crippen LogP contribution in [0.5, 0.6) is 0 Å². The molecule has 0 saturated heterocycles. The van der Waals surface area contributed by atoms with Gasteiger partial charge in [-0.15, -0.1) is 0 Å². The fourth-order valence-electron chi connectivity index (χ4n) is 2.16. The molecule has 0 aliphatic rings. The van der Waals surface area contributed by atoms with E-state index in [9.17, 15) is 8.42 Å². The third-order valence-corrected chi connectivity index (χ3v) is 4.21. The number of aromatic nitrogens is 1. The van der Waals surface area contributed by atoms with E-state index in [1.165, 1.54) is 0 Å². The van der Waals surface area contributed by atoms with E-state index in [0.29, 0.717) is 23.8 Å². The van der Waals surface area contributed by atoms with Crippen LogP contribution in [0.3, 0.4) is 0 Å². The van der Waals surface area contributed by atoms with E-state index >= 15 is 0 Å². The van der Waals surface area contributed by atoms with E-state index in [4.69, 9.17) is 10.3 Å². The first-order chi connectivity index (χ1) is 8.66. The van der Waals surface area contributed by atoms with Gasteiger partial charge in [0.05, 0.1) is 0 Å². The minimum atomic E-state index is -3.49. The maximum absolute atomic E-state index is 12.1. The SMILES string of the molecule is Cc1cc(CS(=O)(=O)NC(C)(CN)CC(C)C)no1. The molecule has 1 rings (SSSR count). The van der Waals surface area contributed by atoms with Gasteiger partial charge < -0.3 is 10.3 Å². The predicted molar refractivity (Wildman–Crippen MR) is 73.9 cm³/mol. The zero-order valence-electron chi connectivity index (χ0n) is 11.9. The van der Waals surface area contributed by atoms with Crippen LogP contribution in [0.1, 0.15) is 38.6 Å². The van der Waals surface area contributed by atoms with Gasteiger partial charge in [0.25, 0.3) is 0 Å². The molecule has 0 radical (unpaired) electrons. The summed E-state index contributed by atoms with van der Waals surface area (Å²) in [6.07, 6.45) is 0.681. The second kappa shape index (κ2) is 6.02. The molecule has 6 nitrogen and oxygen atoms in total. The Morgan fingerprint density at radius 3 is 2.58 bits per heavy atom. The summed E-state index contributed by atoms with van der Waals surface area (Å²) in [6.45, 7) is 7.85. The minimum Gasteiger partial charge on any atom is -0.361 e. The van der Waals surface area contributed by atoms with Crippen molar-refractivity contribution in [2.45, 2.75) is 45.4 Å². The van der Waals surface area contributed by atoms with Gasteiger partial charge in [0.15, 0.2) is 0 Å². The standard InChI is InChI=1S/C12H23N3O3S/c1-9(2)6-12(4,8-13)15-19(16,17)7-11-5-10(3)18-14-11/h5,9,15H,6-8,13H2,1-4H3. The summed E-state index contributed by atoms with van der Waals surface area (Å²) in [4.78, 5) is 0. The first-order valence-corrected chi connectivity index (χ1v) is 7.95. The lowest BCUT2D eigenvalue weighted by atomic mass is 9.92. The molecular formula is C12H23N3O3S. The summed E-state index contributed by atoms with van der Waals surface area (Å²) in [5.41, 5.74) is 5.46. The van der Waals surface area contributed by atoms with Gasteiger partial charge in [0, 0.05) is 18.2 Å². The number of aryl methyl sites for hydroxylation is 1. The smallest absolute Gasteiger partial charge is 0.218 e. The Balaban J connectivity index is 2.77. The predicted octanol–water partition coefficient (Wildman–Crippen LogP) is 1.17. The highest BCUT2D eigenvalue weighted by Crippen LogP contribution is 2.17.